The van der Waals surface area contributed by atoms with Gasteiger partial charge in [0.2, 0.25) is 5.88 Å². The fourth-order valence-electron chi connectivity index (χ4n) is 1.19. The predicted octanol–water partition coefficient (Wildman–Crippen LogP) is 1.44. The van der Waals surface area contributed by atoms with E-state index in [9.17, 15) is 0 Å². The Bertz CT molecular complexity index is 297. The summed E-state index contributed by atoms with van der Waals surface area (Å²) in [5, 5.41) is 3.23. The number of nitrogens with one attached hydrogen (secondary N) is 1. The molecule has 0 fully saturated rings. The van der Waals surface area contributed by atoms with Gasteiger partial charge in [-0.3, -0.25) is 0 Å². The number of ether oxygens (including phenoxy) is 2. The average molecular weight is 245 g/mol. The number of alkyl halides is 1. The van der Waals surface area contributed by atoms with Crippen LogP contribution in [0.25, 0.3) is 0 Å². The minimum absolute atomic E-state index is 0.539. The van der Waals surface area contributed by atoms with Crippen LogP contribution in [0.2, 0.25) is 0 Å². The zero-order chi connectivity index (χ0) is 11.6. The first-order valence-electron chi connectivity index (χ1n) is 5.21. The SMILES string of the molecule is COc1cccc(CNCCOCCCl)n1. The van der Waals surface area contributed by atoms with Crippen molar-refractivity contribution in [2.45, 2.75) is 6.54 Å². The predicted molar refractivity (Wildman–Crippen MR) is 64.0 cm³/mol. The lowest BCUT2D eigenvalue weighted by atomic mass is 10.3. The number of hydrogen-bond acceptors (Lipinski definition) is 4. The van der Waals surface area contributed by atoms with Gasteiger partial charge >= 0.3 is 0 Å². The van der Waals surface area contributed by atoms with Crippen molar-refractivity contribution in [3.8, 4) is 5.88 Å². The van der Waals surface area contributed by atoms with E-state index < -0.39 is 0 Å². The maximum Gasteiger partial charge on any atom is 0.213 e. The minimum atomic E-state index is 0.539. The van der Waals surface area contributed by atoms with Gasteiger partial charge in [0.15, 0.2) is 0 Å². The molecule has 90 valence electrons. The van der Waals surface area contributed by atoms with Crippen molar-refractivity contribution >= 4 is 11.6 Å². The second kappa shape index (κ2) is 8.33. The van der Waals surface area contributed by atoms with E-state index in [0.717, 1.165) is 12.2 Å². The van der Waals surface area contributed by atoms with Crippen molar-refractivity contribution in [1.29, 1.82) is 0 Å². The van der Waals surface area contributed by atoms with Crippen LogP contribution in [0.5, 0.6) is 5.88 Å². The fraction of sp³-hybridized carbons (Fsp3) is 0.545. The summed E-state index contributed by atoms with van der Waals surface area (Å²) in [6, 6.07) is 5.70. The molecule has 1 aromatic heterocycles. The van der Waals surface area contributed by atoms with Gasteiger partial charge in [0, 0.05) is 25.0 Å². The third kappa shape index (κ3) is 5.30. The van der Waals surface area contributed by atoms with Crippen molar-refractivity contribution in [2.24, 2.45) is 0 Å². The maximum atomic E-state index is 5.47. The molecule has 0 aromatic carbocycles. The van der Waals surface area contributed by atoms with Crippen LogP contribution in [-0.4, -0.2) is 37.7 Å². The molecular formula is C11H17ClN2O2. The lowest BCUT2D eigenvalue weighted by molar-refractivity contribution is 0.150. The zero-order valence-corrected chi connectivity index (χ0v) is 10.2. The third-order valence-corrected chi connectivity index (χ3v) is 2.10. The molecule has 4 nitrogen and oxygen atoms in total. The second-order valence-corrected chi connectivity index (χ2v) is 3.53. The van der Waals surface area contributed by atoms with Gasteiger partial charge in [-0.15, -0.1) is 11.6 Å². The van der Waals surface area contributed by atoms with Crippen LogP contribution in [0, 0.1) is 0 Å². The highest BCUT2D eigenvalue weighted by Gasteiger charge is 1.96. The zero-order valence-electron chi connectivity index (χ0n) is 9.41. The molecule has 5 heteroatoms. The molecule has 1 N–H and O–H groups in total. The summed E-state index contributed by atoms with van der Waals surface area (Å²) in [7, 11) is 1.61. The Balaban J connectivity index is 2.16. The topological polar surface area (TPSA) is 43.4 Å². The normalized spacial score (nSPS) is 10.4. The first-order valence-corrected chi connectivity index (χ1v) is 5.74. The monoisotopic (exact) mass is 244 g/mol. The largest absolute Gasteiger partial charge is 0.481 e. The molecule has 0 unspecified atom stereocenters. The molecule has 0 spiro atoms. The van der Waals surface area contributed by atoms with Crippen molar-refractivity contribution in [1.82, 2.24) is 10.3 Å². The lowest BCUT2D eigenvalue weighted by Gasteiger charge is -2.06. The Kier molecular flexibility index (Phi) is 6.88. The highest BCUT2D eigenvalue weighted by Crippen LogP contribution is 2.05. The number of rotatable bonds is 8. The van der Waals surface area contributed by atoms with Crippen LogP contribution < -0.4 is 10.1 Å². The molecule has 0 radical (unpaired) electrons. The molecule has 1 heterocycles. The Hall–Kier alpha value is -0.840. The molecule has 0 aliphatic heterocycles. The van der Waals surface area contributed by atoms with Crippen molar-refractivity contribution in [3.63, 3.8) is 0 Å². The quantitative estimate of drug-likeness (QED) is 0.555. The van der Waals surface area contributed by atoms with E-state index in [2.05, 4.69) is 10.3 Å². The Labute approximate surface area is 101 Å². The van der Waals surface area contributed by atoms with Crippen LogP contribution in [0.4, 0.5) is 0 Å². The van der Waals surface area contributed by atoms with Crippen molar-refractivity contribution in [3.05, 3.63) is 23.9 Å². The van der Waals surface area contributed by atoms with Gasteiger partial charge in [-0.2, -0.15) is 0 Å². The van der Waals surface area contributed by atoms with Crippen LogP contribution in [0.1, 0.15) is 5.69 Å². The highest BCUT2D eigenvalue weighted by atomic mass is 35.5. The van der Waals surface area contributed by atoms with E-state index in [1.54, 1.807) is 7.11 Å². The molecule has 0 saturated carbocycles. The number of aromatic nitrogens is 1. The van der Waals surface area contributed by atoms with Crippen LogP contribution in [0.3, 0.4) is 0 Å². The van der Waals surface area contributed by atoms with Gasteiger partial charge in [0.05, 0.1) is 26.0 Å². The van der Waals surface area contributed by atoms with Crippen LogP contribution in [0.15, 0.2) is 18.2 Å². The Morgan fingerprint density at radius 1 is 1.38 bits per heavy atom. The number of halogens is 1. The van der Waals surface area contributed by atoms with E-state index >= 15 is 0 Å². The second-order valence-electron chi connectivity index (χ2n) is 3.15. The summed E-state index contributed by atoms with van der Waals surface area (Å²) in [4.78, 5) is 4.28. The summed E-state index contributed by atoms with van der Waals surface area (Å²) in [6.45, 7) is 2.76. The van der Waals surface area contributed by atoms with E-state index in [0.29, 0.717) is 31.5 Å². The van der Waals surface area contributed by atoms with Gasteiger partial charge in [0.25, 0.3) is 0 Å². The van der Waals surface area contributed by atoms with E-state index in [-0.39, 0.29) is 0 Å². The third-order valence-electron chi connectivity index (χ3n) is 1.94. The summed E-state index contributed by atoms with van der Waals surface area (Å²) >= 11 is 5.47. The number of nitrogens with zero attached hydrogens (tertiary/aromatic N) is 1. The van der Waals surface area contributed by atoms with Gasteiger partial charge in [-0.05, 0) is 6.07 Å². The molecule has 0 saturated heterocycles. The van der Waals surface area contributed by atoms with Crippen molar-refractivity contribution < 1.29 is 9.47 Å². The number of hydrogen-bond donors (Lipinski definition) is 1. The molecule has 1 rings (SSSR count). The first kappa shape index (κ1) is 13.2. The van der Waals surface area contributed by atoms with E-state index in [1.807, 2.05) is 18.2 Å². The summed E-state index contributed by atoms with van der Waals surface area (Å²) < 4.78 is 10.3. The van der Waals surface area contributed by atoms with Gasteiger partial charge in [-0.1, -0.05) is 6.07 Å². The average Bonchev–Trinajstić information content (AvgIpc) is 2.34. The maximum absolute atomic E-state index is 5.47. The molecule has 16 heavy (non-hydrogen) atoms. The van der Waals surface area contributed by atoms with E-state index in [1.165, 1.54) is 0 Å². The lowest BCUT2D eigenvalue weighted by Crippen LogP contribution is -2.20. The van der Waals surface area contributed by atoms with Gasteiger partial charge in [0.1, 0.15) is 0 Å². The molecule has 0 amide bonds. The molecule has 1 aromatic rings. The highest BCUT2D eigenvalue weighted by molar-refractivity contribution is 6.17. The Morgan fingerprint density at radius 2 is 2.25 bits per heavy atom. The van der Waals surface area contributed by atoms with Gasteiger partial charge < -0.3 is 14.8 Å². The fourth-order valence-corrected chi connectivity index (χ4v) is 1.30. The standard InChI is InChI=1S/C11H17ClN2O2/c1-15-11-4-2-3-10(14-11)9-13-6-8-16-7-5-12/h2-4,13H,5-9H2,1H3. The summed E-state index contributed by atoms with van der Waals surface area (Å²) in [6.07, 6.45) is 0. The smallest absolute Gasteiger partial charge is 0.213 e. The van der Waals surface area contributed by atoms with E-state index in [4.69, 9.17) is 21.1 Å². The number of pyridine rings is 1. The Morgan fingerprint density at radius 3 is 3.00 bits per heavy atom. The van der Waals surface area contributed by atoms with Gasteiger partial charge in [-0.25, -0.2) is 4.98 Å². The summed E-state index contributed by atoms with van der Waals surface area (Å²) in [5.74, 6) is 1.18. The molecule has 0 aliphatic rings. The van der Waals surface area contributed by atoms with Crippen molar-refractivity contribution in [2.75, 3.05) is 32.7 Å². The first-order chi connectivity index (χ1) is 7.86. The van der Waals surface area contributed by atoms with Crippen LogP contribution >= 0.6 is 11.6 Å². The molecular weight excluding hydrogens is 228 g/mol. The number of methoxy groups -OCH3 is 1. The molecule has 0 bridgehead atoms. The minimum Gasteiger partial charge on any atom is -0.481 e. The van der Waals surface area contributed by atoms with Crippen LogP contribution in [-0.2, 0) is 11.3 Å². The molecule has 0 atom stereocenters. The summed E-state index contributed by atoms with van der Waals surface area (Å²) in [5.41, 5.74) is 0.955. The molecule has 0 aliphatic carbocycles.